The summed E-state index contributed by atoms with van der Waals surface area (Å²) in [6.45, 7) is 5.03. The van der Waals surface area contributed by atoms with Crippen molar-refractivity contribution in [3.63, 3.8) is 0 Å². The van der Waals surface area contributed by atoms with Crippen LogP contribution in [0.3, 0.4) is 0 Å². The van der Waals surface area contributed by atoms with Gasteiger partial charge in [-0.3, -0.25) is 4.79 Å². The molecule has 1 aliphatic heterocycles. The van der Waals surface area contributed by atoms with Crippen molar-refractivity contribution in [1.29, 1.82) is 0 Å². The van der Waals surface area contributed by atoms with E-state index in [1.54, 1.807) is 22.9 Å². The Kier molecular flexibility index (Phi) is 7.07. The van der Waals surface area contributed by atoms with Gasteiger partial charge >= 0.3 is 0 Å². The first-order valence-corrected chi connectivity index (χ1v) is 10.9. The molecule has 0 unspecified atom stereocenters. The number of aliphatic imine (C=N–C) groups is 1. The number of nitrogens with one attached hydrogen (secondary N) is 2. The van der Waals surface area contributed by atoms with Gasteiger partial charge in [0.2, 0.25) is 6.79 Å². The Morgan fingerprint density at radius 3 is 2.56 bits per heavy atom. The lowest BCUT2D eigenvalue weighted by Crippen LogP contribution is -2.38. The number of nitrogens with zero attached hydrogens (tertiary/aromatic N) is 2. The molecule has 4 rings (SSSR count). The molecule has 0 fully saturated rings. The van der Waals surface area contributed by atoms with E-state index in [4.69, 9.17) is 14.5 Å². The third-order valence-corrected chi connectivity index (χ3v) is 5.18. The number of aromatic nitrogens is 1. The first-order valence-electron chi connectivity index (χ1n) is 10.9. The zero-order chi connectivity index (χ0) is 22.2. The minimum Gasteiger partial charge on any atom is -0.454 e. The molecule has 0 amide bonds. The summed E-state index contributed by atoms with van der Waals surface area (Å²) >= 11 is 0. The maximum atomic E-state index is 11.9. The van der Waals surface area contributed by atoms with Crippen LogP contribution in [0.15, 0.2) is 76.6 Å². The molecular weight excluding hydrogens is 404 g/mol. The Labute approximate surface area is 187 Å². The van der Waals surface area contributed by atoms with E-state index in [1.165, 1.54) is 5.56 Å². The molecule has 3 aromatic rings. The lowest BCUT2D eigenvalue weighted by atomic mass is 10.1. The van der Waals surface area contributed by atoms with E-state index in [2.05, 4.69) is 35.8 Å². The molecule has 0 saturated carbocycles. The monoisotopic (exact) mass is 432 g/mol. The van der Waals surface area contributed by atoms with Crippen molar-refractivity contribution in [3.05, 3.63) is 93.9 Å². The number of fused-ring (bicyclic) bond motifs is 1. The minimum atomic E-state index is 0.00304. The van der Waals surface area contributed by atoms with Gasteiger partial charge in [-0.25, -0.2) is 4.99 Å². The first-order chi connectivity index (χ1) is 15.7. The van der Waals surface area contributed by atoms with Gasteiger partial charge in [-0.1, -0.05) is 36.4 Å². The van der Waals surface area contributed by atoms with Crippen molar-refractivity contribution in [1.82, 2.24) is 15.2 Å². The summed E-state index contributed by atoms with van der Waals surface area (Å²) in [7, 11) is 0. The fraction of sp³-hybridized carbons (Fsp3) is 0.280. The van der Waals surface area contributed by atoms with E-state index in [9.17, 15) is 4.79 Å². The van der Waals surface area contributed by atoms with Gasteiger partial charge in [0.05, 0.1) is 13.1 Å². The van der Waals surface area contributed by atoms with Gasteiger partial charge in [0, 0.05) is 25.4 Å². The molecule has 0 atom stereocenters. The van der Waals surface area contributed by atoms with Crippen molar-refractivity contribution in [2.24, 2.45) is 4.99 Å². The van der Waals surface area contributed by atoms with E-state index in [0.29, 0.717) is 19.9 Å². The Morgan fingerprint density at radius 2 is 1.75 bits per heavy atom. The lowest BCUT2D eigenvalue weighted by molar-refractivity contribution is 0.174. The van der Waals surface area contributed by atoms with Crippen molar-refractivity contribution in [3.8, 4) is 11.5 Å². The van der Waals surface area contributed by atoms with Gasteiger partial charge in [-0.05, 0) is 48.2 Å². The fourth-order valence-electron chi connectivity index (χ4n) is 3.47. The number of benzene rings is 2. The molecule has 1 aliphatic rings. The number of hydrogen-bond donors (Lipinski definition) is 2. The zero-order valence-electron chi connectivity index (χ0n) is 18.2. The van der Waals surface area contributed by atoms with Crippen molar-refractivity contribution < 1.29 is 9.47 Å². The number of hydrogen-bond acceptors (Lipinski definition) is 4. The predicted molar refractivity (Wildman–Crippen MR) is 125 cm³/mol. The molecule has 0 spiro atoms. The van der Waals surface area contributed by atoms with Crippen LogP contribution in [0.4, 0.5) is 0 Å². The zero-order valence-corrected chi connectivity index (χ0v) is 18.2. The maximum Gasteiger partial charge on any atom is 0.250 e. The molecule has 0 saturated heterocycles. The van der Waals surface area contributed by atoms with Crippen LogP contribution in [0.25, 0.3) is 0 Å². The summed E-state index contributed by atoms with van der Waals surface area (Å²) < 4.78 is 12.5. The fourth-order valence-corrected chi connectivity index (χ4v) is 3.47. The molecule has 2 heterocycles. The van der Waals surface area contributed by atoms with Crippen LogP contribution in [-0.4, -0.2) is 30.4 Å². The highest BCUT2D eigenvalue weighted by atomic mass is 16.7. The van der Waals surface area contributed by atoms with Crippen molar-refractivity contribution in [2.45, 2.75) is 26.4 Å². The Hall–Kier alpha value is -3.74. The lowest BCUT2D eigenvalue weighted by Gasteiger charge is -2.12. The van der Waals surface area contributed by atoms with E-state index in [1.807, 2.05) is 30.3 Å². The first kappa shape index (κ1) is 21.5. The molecule has 166 valence electrons. The van der Waals surface area contributed by atoms with Crippen LogP contribution < -0.4 is 25.7 Å². The summed E-state index contributed by atoms with van der Waals surface area (Å²) in [6, 6.07) is 19.4. The summed E-state index contributed by atoms with van der Waals surface area (Å²) in [5.74, 6) is 2.40. The normalized spacial score (nSPS) is 12.6. The third kappa shape index (κ3) is 5.69. The largest absolute Gasteiger partial charge is 0.454 e. The number of guanidine groups is 1. The van der Waals surface area contributed by atoms with Crippen LogP contribution in [-0.2, 0) is 19.5 Å². The van der Waals surface area contributed by atoms with E-state index < -0.39 is 0 Å². The van der Waals surface area contributed by atoms with Crippen molar-refractivity contribution in [2.75, 3.05) is 19.9 Å². The number of rotatable bonds is 8. The molecule has 0 aliphatic carbocycles. The van der Waals surface area contributed by atoms with Gasteiger partial charge in [-0.15, -0.1) is 0 Å². The van der Waals surface area contributed by atoms with Crippen LogP contribution >= 0.6 is 0 Å². The molecule has 32 heavy (non-hydrogen) atoms. The molecule has 1 aromatic heterocycles. The second-order valence-corrected chi connectivity index (χ2v) is 7.54. The predicted octanol–water partition coefficient (Wildman–Crippen LogP) is 2.92. The topological polar surface area (TPSA) is 76.9 Å². The number of ether oxygens (including phenoxy) is 2. The second kappa shape index (κ2) is 10.5. The summed E-state index contributed by atoms with van der Waals surface area (Å²) in [6.07, 6.45) is 2.66. The SMILES string of the molecule is CCNC(=NCc1ccc(Cn2ccccc2=O)cc1)NCCc1ccc2c(c1)OCO2. The molecule has 0 radical (unpaired) electrons. The van der Waals surface area contributed by atoms with Gasteiger partial charge in [0.25, 0.3) is 5.56 Å². The number of pyridine rings is 1. The molecule has 7 heteroatoms. The van der Waals surface area contributed by atoms with E-state index >= 15 is 0 Å². The Morgan fingerprint density at radius 1 is 0.969 bits per heavy atom. The van der Waals surface area contributed by atoms with E-state index in [0.717, 1.165) is 48.1 Å². The Balaban J connectivity index is 1.30. The van der Waals surface area contributed by atoms with E-state index in [-0.39, 0.29) is 5.56 Å². The van der Waals surface area contributed by atoms with Gasteiger partial charge < -0.3 is 24.7 Å². The maximum absolute atomic E-state index is 11.9. The quantitative estimate of drug-likeness (QED) is 0.423. The summed E-state index contributed by atoms with van der Waals surface area (Å²) in [5, 5.41) is 6.67. The summed E-state index contributed by atoms with van der Waals surface area (Å²) in [4.78, 5) is 16.6. The standard InChI is InChI=1S/C25H28N4O3/c1-2-26-25(27-13-12-19-10-11-22-23(15-19)32-18-31-22)28-16-20-6-8-21(9-7-20)17-29-14-4-3-5-24(29)30/h3-11,14-15H,2,12-13,16-18H2,1H3,(H2,26,27,28). The third-order valence-electron chi connectivity index (χ3n) is 5.18. The molecule has 0 bridgehead atoms. The summed E-state index contributed by atoms with van der Waals surface area (Å²) in [5.41, 5.74) is 3.39. The van der Waals surface area contributed by atoms with Crippen LogP contribution in [0.1, 0.15) is 23.6 Å². The highest BCUT2D eigenvalue weighted by Gasteiger charge is 2.13. The molecule has 2 N–H and O–H groups in total. The van der Waals surface area contributed by atoms with Crippen LogP contribution in [0.5, 0.6) is 11.5 Å². The van der Waals surface area contributed by atoms with Crippen LogP contribution in [0.2, 0.25) is 0 Å². The molecular formula is C25H28N4O3. The highest BCUT2D eigenvalue weighted by Crippen LogP contribution is 2.32. The Bertz CT molecular complexity index is 1120. The second-order valence-electron chi connectivity index (χ2n) is 7.54. The molecule has 7 nitrogen and oxygen atoms in total. The van der Waals surface area contributed by atoms with Gasteiger partial charge in [-0.2, -0.15) is 0 Å². The van der Waals surface area contributed by atoms with Crippen molar-refractivity contribution >= 4 is 5.96 Å². The highest BCUT2D eigenvalue weighted by molar-refractivity contribution is 5.79. The van der Waals surface area contributed by atoms with Gasteiger partial charge in [0.1, 0.15) is 0 Å². The van der Waals surface area contributed by atoms with Gasteiger partial charge in [0.15, 0.2) is 17.5 Å². The smallest absolute Gasteiger partial charge is 0.250 e. The average molecular weight is 433 g/mol. The molecule has 2 aromatic carbocycles. The average Bonchev–Trinajstić information content (AvgIpc) is 3.28. The minimum absolute atomic E-state index is 0.00304. The van der Waals surface area contributed by atoms with Crippen LogP contribution in [0, 0.1) is 0 Å².